The molecule has 1 aromatic heterocycles. The molecule has 2 aromatic carbocycles. The highest BCUT2D eigenvalue weighted by Crippen LogP contribution is 2.47. The van der Waals surface area contributed by atoms with Crippen LogP contribution in [0.4, 0.5) is 5.13 Å². The van der Waals surface area contributed by atoms with E-state index >= 15 is 0 Å². The van der Waals surface area contributed by atoms with Crippen LogP contribution >= 0.6 is 11.3 Å². The van der Waals surface area contributed by atoms with Crippen LogP contribution < -0.4 is 23.8 Å². The molecule has 10 nitrogen and oxygen atoms in total. The maximum absolute atomic E-state index is 13.5. The molecule has 1 aliphatic heterocycles. The Morgan fingerprint density at radius 3 is 2.20 bits per heavy atom. The molecule has 3 aromatic rings. The fraction of sp³-hybridized carbons (Fsp3) is 0.379. The van der Waals surface area contributed by atoms with E-state index < -0.39 is 17.7 Å². The minimum Gasteiger partial charge on any atom is -0.507 e. The van der Waals surface area contributed by atoms with Crippen LogP contribution in [-0.4, -0.2) is 54.9 Å². The molecule has 0 bridgehead atoms. The smallest absolute Gasteiger partial charge is 0.301 e. The lowest BCUT2D eigenvalue weighted by atomic mass is 9.94. The summed E-state index contributed by atoms with van der Waals surface area (Å²) in [7, 11) is 4.43. The minimum atomic E-state index is -1.04. The van der Waals surface area contributed by atoms with Gasteiger partial charge in [0.2, 0.25) is 10.9 Å². The zero-order valence-corrected chi connectivity index (χ0v) is 24.2. The number of rotatable bonds is 11. The lowest BCUT2D eigenvalue weighted by Gasteiger charge is -2.24. The van der Waals surface area contributed by atoms with Crippen molar-refractivity contribution in [3.8, 4) is 23.0 Å². The molecular formula is C29H33N3O7S. The first kappa shape index (κ1) is 28.9. The van der Waals surface area contributed by atoms with E-state index in [9.17, 15) is 14.7 Å². The van der Waals surface area contributed by atoms with E-state index in [2.05, 4.69) is 17.1 Å². The summed E-state index contributed by atoms with van der Waals surface area (Å²) in [5.74, 6) is -0.280. The second-order valence-electron chi connectivity index (χ2n) is 9.43. The molecule has 1 aliphatic rings. The summed E-state index contributed by atoms with van der Waals surface area (Å²) in [4.78, 5) is 28.3. The van der Waals surface area contributed by atoms with Crippen LogP contribution in [0.5, 0.6) is 23.0 Å². The highest BCUT2D eigenvalue weighted by atomic mass is 32.1. The number of aliphatic hydroxyl groups is 1. The number of ether oxygens (including phenoxy) is 4. The van der Waals surface area contributed by atoms with Crippen LogP contribution in [-0.2, 0) is 9.59 Å². The second kappa shape index (κ2) is 12.4. The Morgan fingerprint density at radius 2 is 1.68 bits per heavy atom. The zero-order valence-electron chi connectivity index (χ0n) is 23.4. The number of nitrogens with zero attached hydrogens (tertiary/aromatic N) is 3. The van der Waals surface area contributed by atoms with Gasteiger partial charge in [-0.1, -0.05) is 38.5 Å². The largest absolute Gasteiger partial charge is 0.507 e. The summed E-state index contributed by atoms with van der Waals surface area (Å²) in [6.07, 6.45) is 1.93. The summed E-state index contributed by atoms with van der Waals surface area (Å²) in [6, 6.07) is 8.99. The summed E-state index contributed by atoms with van der Waals surface area (Å²) in [6.45, 7) is 6.58. The summed E-state index contributed by atoms with van der Waals surface area (Å²) in [5, 5.41) is 20.9. The SMILES string of the molecule is CCCCOc1ccc(/C(O)=C2/C(=O)C(=O)N(c3nnc(C(C)C)s3)C2c2cc(OC)c(OC)c(OC)c2)cc1. The number of methoxy groups -OCH3 is 3. The average molecular weight is 568 g/mol. The Balaban J connectivity index is 1.89. The van der Waals surface area contributed by atoms with E-state index in [1.807, 2.05) is 13.8 Å². The monoisotopic (exact) mass is 567 g/mol. The lowest BCUT2D eigenvalue weighted by molar-refractivity contribution is -0.132. The van der Waals surface area contributed by atoms with Crippen molar-refractivity contribution < 1.29 is 33.6 Å². The van der Waals surface area contributed by atoms with Crippen LogP contribution in [0.25, 0.3) is 5.76 Å². The third-order valence-electron chi connectivity index (χ3n) is 6.47. The summed E-state index contributed by atoms with van der Waals surface area (Å²) < 4.78 is 22.2. The molecule has 1 amide bonds. The third kappa shape index (κ3) is 5.46. The Kier molecular flexibility index (Phi) is 8.93. The second-order valence-corrected chi connectivity index (χ2v) is 10.4. The van der Waals surface area contributed by atoms with Crippen molar-refractivity contribution in [3.05, 3.63) is 58.1 Å². The first-order valence-electron chi connectivity index (χ1n) is 12.9. The Hall–Kier alpha value is -4.12. The van der Waals surface area contributed by atoms with Crippen molar-refractivity contribution in [3.63, 3.8) is 0 Å². The van der Waals surface area contributed by atoms with Gasteiger partial charge < -0.3 is 24.1 Å². The van der Waals surface area contributed by atoms with E-state index in [0.29, 0.717) is 45.7 Å². The standard InChI is InChI=1S/C29H33N3O7S/c1-7-8-13-39-19-11-9-17(10-12-19)24(33)22-23(18-14-20(36-4)26(38-6)21(15-18)37-5)32(28(35)25(22)34)29-31-30-27(40-29)16(2)3/h9-12,14-16,23,33H,7-8,13H2,1-6H3/b24-22-. The van der Waals surface area contributed by atoms with Crippen molar-refractivity contribution >= 4 is 33.9 Å². The molecule has 0 spiro atoms. The molecule has 212 valence electrons. The number of unbranched alkanes of at least 4 members (excludes halogenated alkanes) is 1. The molecule has 40 heavy (non-hydrogen) atoms. The topological polar surface area (TPSA) is 120 Å². The number of Topliss-reactive ketones (excluding diaryl/α,β-unsaturated/α-hetero) is 1. The van der Waals surface area contributed by atoms with Crippen LogP contribution in [0.3, 0.4) is 0 Å². The van der Waals surface area contributed by atoms with Crippen molar-refractivity contribution in [1.82, 2.24) is 10.2 Å². The average Bonchev–Trinajstić information content (AvgIpc) is 3.55. The van der Waals surface area contributed by atoms with Gasteiger partial charge in [-0.15, -0.1) is 10.2 Å². The first-order valence-corrected chi connectivity index (χ1v) is 13.7. The predicted octanol–water partition coefficient (Wildman–Crippen LogP) is 5.49. The number of benzene rings is 2. The summed E-state index contributed by atoms with van der Waals surface area (Å²) in [5.41, 5.74) is 0.717. The number of hydrogen-bond acceptors (Lipinski definition) is 10. The highest BCUT2D eigenvalue weighted by molar-refractivity contribution is 7.15. The molecule has 4 rings (SSSR count). The van der Waals surface area contributed by atoms with Gasteiger partial charge in [-0.3, -0.25) is 14.5 Å². The van der Waals surface area contributed by atoms with Gasteiger partial charge in [0, 0.05) is 11.5 Å². The molecule has 11 heteroatoms. The molecule has 0 radical (unpaired) electrons. The quantitative estimate of drug-likeness (QED) is 0.139. The van der Waals surface area contributed by atoms with Gasteiger partial charge in [-0.2, -0.15) is 0 Å². The van der Waals surface area contributed by atoms with Gasteiger partial charge in [-0.05, 0) is 48.4 Å². The van der Waals surface area contributed by atoms with Gasteiger partial charge in [0.05, 0.1) is 39.6 Å². The molecule has 1 unspecified atom stereocenters. The van der Waals surface area contributed by atoms with Gasteiger partial charge in [0.25, 0.3) is 5.78 Å². The number of aromatic nitrogens is 2. The number of anilines is 1. The first-order chi connectivity index (χ1) is 19.2. The molecule has 1 atom stereocenters. The van der Waals surface area contributed by atoms with Crippen LogP contribution in [0.15, 0.2) is 42.0 Å². The number of aliphatic hydroxyl groups excluding tert-OH is 1. The molecular weight excluding hydrogens is 534 g/mol. The van der Waals surface area contributed by atoms with Gasteiger partial charge >= 0.3 is 5.91 Å². The zero-order chi connectivity index (χ0) is 29.0. The van der Waals surface area contributed by atoms with Crippen molar-refractivity contribution in [2.24, 2.45) is 0 Å². The number of carbonyl (C=O) groups excluding carboxylic acids is 2. The predicted molar refractivity (Wildman–Crippen MR) is 152 cm³/mol. The van der Waals surface area contributed by atoms with E-state index in [4.69, 9.17) is 18.9 Å². The third-order valence-corrected chi connectivity index (χ3v) is 7.69. The fourth-order valence-electron chi connectivity index (χ4n) is 4.36. The maximum Gasteiger partial charge on any atom is 0.301 e. The Morgan fingerprint density at radius 1 is 1.02 bits per heavy atom. The number of carbonyl (C=O) groups is 2. The summed E-state index contributed by atoms with van der Waals surface area (Å²) >= 11 is 1.21. The number of amides is 1. The maximum atomic E-state index is 13.5. The van der Waals surface area contributed by atoms with Crippen LogP contribution in [0.1, 0.15) is 61.7 Å². The van der Waals surface area contributed by atoms with Gasteiger partial charge in [-0.25, -0.2) is 0 Å². The van der Waals surface area contributed by atoms with Crippen molar-refractivity contribution in [2.45, 2.75) is 45.6 Å². The van der Waals surface area contributed by atoms with E-state index in [1.165, 1.54) is 37.6 Å². The number of hydrogen-bond donors (Lipinski definition) is 1. The lowest BCUT2D eigenvalue weighted by Crippen LogP contribution is -2.29. The number of ketones is 1. The van der Waals surface area contributed by atoms with Gasteiger partial charge in [0.1, 0.15) is 16.5 Å². The normalized spacial score (nSPS) is 16.5. The Bertz CT molecular complexity index is 1390. The van der Waals surface area contributed by atoms with Crippen LogP contribution in [0.2, 0.25) is 0 Å². The van der Waals surface area contributed by atoms with Gasteiger partial charge in [0.15, 0.2) is 11.5 Å². The Labute approximate surface area is 237 Å². The molecule has 1 N–H and O–H groups in total. The molecule has 1 saturated heterocycles. The minimum absolute atomic E-state index is 0.0701. The van der Waals surface area contributed by atoms with E-state index in [-0.39, 0.29) is 22.4 Å². The molecule has 0 aliphatic carbocycles. The highest BCUT2D eigenvalue weighted by Gasteiger charge is 2.49. The fourth-order valence-corrected chi connectivity index (χ4v) is 5.23. The molecule has 2 heterocycles. The molecule has 0 saturated carbocycles. The van der Waals surface area contributed by atoms with E-state index in [1.54, 1.807) is 36.4 Å². The van der Waals surface area contributed by atoms with Crippen LogP contribution in [0, 0.1) is 0 Å². The van der Waals surface area contributed by atoms with E-state index in [0.717, 1.165) is 12.8 Å². The molecule has 1 fully saturated rings. The van der Waals surface area contributed by atoms with Crippen molar-refractivity contribution in [2.75, 3.05) is 32.8 Å². The van der Waals surface area contributed by atoms with Crippen molar-refractivity contribution in [1.29, 1.82) is 0 Å².